The first kappa shape index (κ1) is 18.8. The van der Waals surface area contributed by atoms with Crippen LogP contribution in [-0.2, 0) is 6.54 Å². The van der Waals surface area contributed by atoms with Crippen molar-refractivity contribution < 1.29 is 15.0 Å². The molecule has 0 unspecified atom stereocenters. The van der Waals surface area contributed by atoms with E-state index >= 15 is 0 Å². The van der Waals surface area contributed by atoms with Crippen LogP contribution in [0.3, 0.4) is 0 Å². The van der Waals surface area contributed by atoms with Crippen molar-refractivity contribution in [3.05, 3.63) is 92.1 Å². The molecule has 0 fully saturated rings. The lowest BCUT2D eigenvalue weighted by molar-refractivity contribution is 0.0697. The fourth-order valence-corrected chi connectivity index (χ4v) is 2.76. The first-order valence-electron chi connectivity index (χ1n) is 8.36. The molecule has 0 amide bonds. The molecule has 2 aromatic carbocycles. The van der Waals surface area contributed by atoms with Crippen molar-refractivity contribution in [1.82, 2.24) is 9.55 Å². The quantitative estimate of drug-likeness (QED) is 0.586. The lowest BCUT2D eigenvalue weighted by Crippen LogP contribution is -2.33. The number of aromatic carboxylic acids is 1. The first-order chi connectivity index (χ1) is 13.4. The summed E-state index contributed by atoms with van der Waals surface area (Å²) in [6, 6.07) is 14.9. The summed E-state index contributed by atoms with van der Waals surface area (Å²) >= 11 is 0. The number of aliphatic imine (C=N–C) groups is 1. The Labute approximate surface area is 159 Å². The van der Waals surface area contributed by atoms with E-state index in [4.69, 9.17) is 5.11 Å². The van der Waals surface area contributed by atoms with Crippen LogP contribution in [0.5, 0.6) is 5.88 Å². The molecule has 0 aliphatic heterocycles. The van der Waals surface area contributed by atoms with E-state index in [1.54, 1.807) is 30.3 Å². The molecule has 0 radical (unpaired) electrons. The fraction of sp³-hybridized carbons (Fsp3) is 0.100. The zero-order valence-corrected chi connectivity index (χ0v) is 14.9. The van der Waals surface area contributed by atoms with Gasteiger partial charge >= 0.3 is 11.7 Å². The van der Waals surface area contributed by atoms with Crippen molar-refractivity contribution in [2.75, 3.05) is 0 Å². The van der Waals surface area contributed by atoms with Gasteiger partial charge in [-0.25, -0.2) is 9.59 Å². The highest BCUT2D eigenvalue weighted by molar-refractivity contribution is 6.02. The second kappa shape index (κ2) is 7.75. The summed E-state index contributed by atoms with van der Waals surface area (Å²) < 4.78 is 1.04. The third kappa shape index (κ3) is 3.90. The van der Waals surface area contributed by atoms with Crippen molar-refractivity contribution in [3.8, 4) is 5.88 Å². The number of aromatic amines is 1. The average molecular weight is 379 g/mol. The second-order valence-corrected chi connectivity index (χ2v) is 6.08. The van der Waals surface area contributed by atoms with Crippen LogP contribution < -0.4 is 11.2 Å². The Hall–Kier alpha value is -3.94. The van der Waals surface area contributed by atoms with E-state index < -0.39 is 23.1 Å². The van der Waals surface area contributed by atoms with E-state index in [0.717, 1.165) is 10.1 Å². The van der Waals surface area contributed by atoms with Gasteiger partial charge in [-0.05, 0) is 30.7 Å². The van der Waals surface area contributed by atoms with Crippen LogP contribution >= 0.6 is 0 Å². The Bertz CT molecular complexity index is 1180. The summed E-state index contributed by atoms with van der Waals surface area (Å²) in [5, 5.41) is 19.6. The maximum absolute atomic E-state index is 12.3. The van der Waals surface area contributed by atoms with Crippen LogP contribution in [0.4, 0.5) is 5.69 Å². The molecule has 0 aliphatic rings. The number of carboxylic acid groups (broad SMARTS) is 1. The highest BCUT2D eigenvalue weighted by Crippen LogP contribution is 2.19. The van der Waals surface area contributed by atoms with Crippen molar-refractivity contribution in [3.63, 3.8) is 0 Å². The number of H-pyrrole nitrogens is 1. The summed E-state index contributed by atoms with van der Waals surface area (Å²) in [7, 11) is 0. The summed E-state index contributed by atoms with van der Waals surface area (Å²) in [5.74, 6) is -1.61. The molecule has 0 atom stereocenters. The number of hydrogen-bond acceptors (Lipinski definition) is 5. The highest BCUT2D eigenvalue weighted by atomic mass is 16.4. The van der Waals surface area contributed by atoms with Gasteiger partial charge < -0.3 is 10.2 Å². The highest BCUT2D eigenvalue weighted by Gasteiger charge is 2.17. The fourth-order valence-electron chi connectivity index (χ4n) is 2.76. The minimum Gasteiger partial charge on any atom is -0.494 e. The van der Waals surface area contributed by atoms with Crippen LogP contribution in [0.1, 0.15) is 28.4 Å². The number of carboxylic acids is 1. The van der Waals surface area contributed by atoms with E-state index in [2.05, 4.69) is 9.98 Å². The van der Waals surface area contributed by atoms with Gasteiger partial charge in [-0.2, -0.15) is 0 Å². The van der Waals surface area contributed by atoms with Crippen LogP contribution in [0.25, 0.3) is 0 Å². The van der Waals surface area contributed by atoms with Crippen molar-refractivity contribution in [2.45, 2.75) is 13.5 Å². The molecule has 0 saturated heterocycles. The minimum absolute atomic E-state index is 0.0428. The molecule has 142 valence electrons. The van der Waals surface area contributed by atoms with Crippen molar-refractivity contribution >= 4 is 17.4 Å². The summed E-state index contributed by atoms with van der Waals surface area (Å²) in [6.45, 7) is 1.56. The molecule has 3 rings (SSSR count). The van der Waals surface area contributed by atoms with E-state index in [-0.39, 0.29) is 23.4 Å². The van der Waals surface area contributed by atoms with Gasteiger partial charge in [-0.15, -0.1) is 0 Å². The number of carbonyl (C=O) groups is 1. The largest absolute Gasteiger partial charge is 0.494 e. The Morgan fingerprint density at radius 3 is 2.50 bits per heavy atom. The number of nitrogens with zero attached hydrogens (tertiary/aromatic N) is 2. The van der Waals surface area contributed by atoms with Gasteiger partial charge in [0.05, 0.1) is 23.5 Å². The molecule has 3 aromatic rings. The lowest BCUT2D eigenvalue weighted by atomic mass is 10.1. The standard InChI is InChI=1S/C20H17N3O5/c1-12(21-15-9-5-8-14(10-15)19(26)27)16-17(24)22-20(28)23(18(16)25)11-13-6-3-2-4-7-13/h2-10,25H,11H2,1H3,(H,26,27)(H,22,24,28). The minimum atomic E-state index is -1.10. The van der Waals surface area contributed by atoms with Crippen molar-refractivity contribution in [2.24, 2.45) is 4.99 Å². The number of aromatic nitrogens is 2. The number of benzene rings is 2. The number of rotatable bonds is 5. The molecular formula is C20H17N3O5. The summed E-state index contributed by atoms with van der Waals surface area (Å²) in [6.07, 6.45) is 0. The van der Waals surface area contributed by atoms with Gasteiger partial charge in [0.25, 0.3) is 5.56 Å². The van der Waals surface area contributed by atoms with Gasteiger partial charge in [0, 0.05) is 0 Å². The average Bonchev–Trinajstić information content (AvgIpc) is 2.66. The summed E-state index contributed by atoms with van der Waals surface area (Å²) in [5.41, 5.74) is -0.419. The Morgan fingerprint density at radius 2 is 1.82 bits per heavy atom. The zero-order chi connectivity index (χ0) is 20.3. The molecule has 3 N–H and O–H groups in total. The maximum Gasteiger partial charge on any atom is 0.335 e. The third-order valence-corrected chi connectivity index (χ3v) is 4.11. The van der Waals surface area contributed by atoms with Gasteiger partial charge in [0.2, 0.25) is 5.88 Å². The predicted molar refractivity (Wildman–Crippen MR) is 104 cm³/mol. The lowest BCUT2D eigenvalue weighted by Gasteiger charge is -2.11. The van der Waals surface area contributed by atoms with E-state index in [1.165, 1.54) is 25.1 Å². The summed E-state index contributed by atoms with van der Waals surface area (Å²) in [4.78, 5) is 41.9. The van der Waals surface area contributed by atoms with Gasteiger partial charge in [0.15, 0.2) is 0 Å². The third-order valence-electron chi connectivity index (χ3n) is 4.11. The van der Waals surface area contributed by atoms with Crippen LogP contribution in [0, 0.1) is 0 Å². The molecule has 8 heteroatoms. The SMILES string of the molecule is CC(=Nc1cccc(C(=O)O)c1)c1c(O)n(Cc2ccccc2)c(=O)[nH]c1=O. The van der Waals surface area contributed by atoms with E-state index in [0.29, 0.717) is 5.69 Å². The zero-order valence-electron chi connectivity index (χ0n) is 14.9. The molecule has 0 spiro atoms. The Balaban J connectivity index is 2.07. The van der Waals surface area contributed by atoms with E-state index in [1.807, 2.05) is 6.07 Å². The molecular weight excluding hydrogens is 362 g/mol. The molecule has 0 bridgehead atoms. The monoisotopic (exact) mass is 379 g/mol. The molecule has 0 aliphatic carbocycles. The molecule has 0 saturated carbocycles. The van der Waals surface area contributed by atoms with Crippen LogP contribution in [0.2, 0.25) is 0 Å². The smallest absolute Gasteiger partial charge is 0.335 e. The van der Waals surface area contributed by atoms with E-state index in [9.17, 15) is 19.5 Å². The van der Waals surface area contributed by atoms with Crippen LogP contribution in [-0.4, -0.2) is 31.4 Å². The van der Waals surface area contributed by atoms with Gasteiger partial charge in [0.1, 0.15) is 5.56 Å². The van der Waals surface area contributed by atoms with Crippen molar-refractivity contribution in [1.29, 1.82) is 0 Å². The molecule has 8 nitrogen and oxygen atoms in total. The Morgan fingerprint density at radius 1 is 1.11 bits per heavy atom. The maximum atomic E-state index is 12.3. The van der Waals surface area contributed by atoms with Gasteiger partial charge in [-0.1, -0.05) is 36.4 Å². The number of hydrogen-bond donors (Lipinski definition) is 3. The number of nitrogens with one attached hydrogen (secondary N) is 1. The normalized spacial score (nSPS) is 11.4. The number of aromatic hydroxyl groups is 1. The van der Waals surface area contributed by atoms with Gasteiger partial charge in [-0.3, -0.25) is 19.3 Å². The predicted octanol–water partition coefficient (Wildman–Crippen LogP) is 2.13. The molecule has 1 aromatic heterocycles. The topological polar surface area (TPSA) is 125 Å². The second-order valence-electron chi connectivity index (χ2n) is 6.08. The Kier molecular flexibility index (Phi) is 5.21. The van der Waals surface area contributed by atoms with Crippen LogP contribution in [0.15, 0.2) is 69.2 Å². The first-order valence-corrected chi connectivity index (χ1v) is 8.36. The molecule has 28 heavy (non-hydrogen) atoms. The molecule has 1 heterocycles.